The van der Waals surface area contributed by atoms with Crippen molar-refractivity contribution in [1.82, 2.24) is 10.6 Å². The van der Waals surface area contributed by atoms with Gasteiger partial charge in [0.2, 0.25) is 0 Å². The van der Waals surface area contributed by atoms with Crippen molar-refractivity contribution in [3.05, 3.63) is 0 Å². The van der Waals surface area contributed by atoms with Crippen LogP contribution in [-0.4, -0.2) is 37.6 Å². The van der Waals surface area contributed by atoms with Gasteiger partial charge in [0, 0.05) is 25.9 Å². The minimum atomic E-state index is -0.338. The lowest BCUT2D eigenvalue weighted by Gasteiger charge is -2.31. The monoisotopic (exact) mass is 268 g/mol. The maximum atomic E-state index is 11.6. The molecule has 5 nitrogen and oxygen atoms in total. The predicted molar refractivity (Wildman–Crippen MR) is 70.8 cm³/mol. The summed E-state index contributed by atoms with van der Waals surface area (Å²) < 4.78 is 11.9. The molecule has 3 fully saturated rings. The first-order chi connectivity index (χ1) is 9.26. The van der Waals surface area contributed by atoms with Crippen molar-refractivity contribution in [1.29, 1.82) is 0 Å². The van der Waals surface area contributed by atoms with Gasteiger partial charge in [-0.2, -0.15) is 0 Å². The van der Waals surface area contributed by atoms with Gasteiger partial charge < -0.3 is 20.1 Å². The molecule has 5 heteroatoms. The number of rotatable bonds is 4. The van der Waals surface area contributed by atoms with E-state index in [1.165, 1.54) is 32.1 Å². The van der Waals surface area contributed by atoms with Crippen LogP contribution in [0.5, 0.6) is 0 Å². The van der Waals surface area contributed by atoms with E-state index in [1.807, 2.05) is 0 Å². The van der Waals surface area contributed by atoms with E-state index in [0.717, 1.165) is 19.4 Å². The zero-order valence-corrected chi connectivity index (χ0v) is 11.5. The fourth-order valence-electron chi connectivity index (χ4n) is 2.90. The first kappa shape index (κ1) is 13.2. The van der Waals surface area contributed by atoms with Gasteiger partial charge in [-0.3, -0.25) is 0 Å². The summed E-state index contributed by atoms with van der Waals surface area (Å²) in [5.41, 5.74) is 0. The van der Waals surface area contributed by atoms with Crippen LogP contribution in [0.3, 0.4) is 0 Å². The number of nitrogens with one attached hydrogen (secondary N) is 2. The summed E-state index contributed by atoms with van der Waals surface area (Å²) in [7, 11) is 0. The molecule has 1 saturated heterocycles. The Morgan fingerprint density at radius 2 is 1.84 bits per heavy atom. The molecule has 3 aliphatic rings. The van der Waals surface area contributed by atoms with Crippen molar-refractivity contribution < 1.29 is 14.3 Å². The van der Waals surface area contributed by atoms with Crippen LogP contribution in [0.25, 0.3) is 0 Å². The van der Waals surface area contributed by atoms with Gasteiger partial charge in [0.25, 0.3) is 0 Å². The molecule has 19 heavy (non-hydrogen) atoms. The van der Waals surface area contributed by atoms with E-state index < -0.39 is 0 Å². The van der Waals surface area contributed by atoms with Crippen LogP contribution in [0.4, 0.5) is 4.79 Å². The fourth-order valence-corrected chi connectivity index (χ4v) is 2.90. The number of amides is 2. The molecule has 0 aromatic rings. The Hall–Kier alpha value is -0.810. The van der Waals surface area contributed by atoms with Gasteiger partial charge in [-0.15, -0.1) is 0 Å². The third-order valence-electron chi connectivity index (χ3n) is 4.27. The molecule has 0 unspecified atom stereocenters. The molecule has 108 valence electrons. The average molecular weight is 268 g/mol. The minimum Gasteiger partial charge on any atom is -0.347 e. The van der Waals surface area contributed by atoms with Crippen LogP contribution in [0.1, 0.15) is 44.9 Å². The minimum absolute atomic E-state index is 0.00442. The number of carbonyl (C=O) groups excluding carboxylic acids is 1. The second kappa shape index (κ2) is 5.67. The third-order valence-corrected chi connectivity index (χ3v) is 4.27. The Bertz CT molecular complexity index is 325. The van der Waals surface area contributed by atoms with Crippen LogP contribution in [0.2, 0.25) is 0 Å². The Kier molecular flexibility index (Phi) is 3.93. The molecule has 2 aliphatic carbocycles. The van der Waals surface area contributed by atoms with E-state index in [-0.39, 0.29) is 17.9 Å². The first-order valence-electron chi connectivity index (χ1n) is 7.59. The molecular formula is C14H24N2O3. The Morgan fingerprint density at radius 3 is 2.58 bits per heavy atom. The van der Waals surface area contributed by atoms with Crippen LogP contribution in [0, 0.1) is 5.92 Å². The third kappa shape index (κ3) is 3.60. The van der Waals surface area contributed by atoms with Gasteiger partial charge in [-0.1, -0.05) is 6.42 Å². The van der Waals surface area contributed by atoms with Crippen LogP contribution in [0.15, 0.2) is 0 Å². The molecule has 3 rings (SSSR count). The lowest BCUT2D eigenvalue weighted by atomic mass is 9.94. The molecule has 0 radical (unpaired) electrons. The molecule has 2 amide bonds. The fraction of sp³-hybridized carbons (Fsp3) is 0.929. The topological polar surface area (TPSA) is 59.6 Å². The summed E-state index contributed by atoms with van der Waals surface area (Å²) >= 11 is 0. The predicted octanol–water partition coefficient (Wildman–Crippen LogP) is 1.77. The molecule has 2 saturated carbocycles. The highest BCUT2D eigenvalue weighted by molar-refractivity contribution is 5.73. The van der Waals surface area contributed by atoms with Crippen molar-refractivity contribution in [3.8, 4) is 0 Å². The first-order valence-corrected chi connectivity index (χ1v) is 7.59. The normalized spacial score (nSPS) is 29.4. The molecular weight excluding hydrogens is 244 g/mol. The summed E-state index contributed by atoms with van der Waals surface area (Å²) in [5.74, 6) is 0.372. The van der Waals surface area contributed by atoms with Crippen molar-refractivity contribution in [2.75, 3.05) is 19.7 Å². The van der Waals surface area contributed by atoms with Crippen molar-refractivity contribution in [2.24, 2.45) is 5.92 Å². The standard InChI is InChI=1S/C14H24N2O3/c17-13(15-8-11-4-5-11)16-9-12-10-18-14(19-12)6-2-1-3-7-14/h11-12H,1-10H2,(H2,15,16,17)/t12-/m0/s1. The molecule has 1 aliphatic heterocycles. The van der Waals surface area contributed by atoms with Gasteiger partial charge in [0.1, 0.15) is 6.10 Å². The second-order valence-corrected chi connectivity index (χ2v) is 6.06. The van der Waals surface area contributed by atoms with Crippen LogP contribution in [-0.2, 0) is 9.47 Å². The van der Waals surface area contributed by atoms with E-state index in [1.54, 1.807) is 0 Å². The Labute approximate surface area is 114 Å². The zero-order chi connectivity index (χ0) is 13.1. The SMILES string of the molecule is O=C(NCC1CC1)NC[C@H]1COC2(CCCCC2)O1. The highest BCUT2D eigenvalue weighted by Crippen LogP contribution is 2.37. The Morgan fingerprint density at radius 1 is 1.11 bits per heavy atom. The number of urea groups is 1. The summed E-state index contributed by atoms with van der Waals surface area (Å²) in [6.07, 6.45) is 8.15. The van der Waals surface area contributed by atoms with E-state index in [9.17, 15) is 4.79 Å². The van der Waals surface area contributed by atoms with Gasteiger partial charge >= 0.3 is 6.03 Å². The molecule has 1 spiro atoms. The van der Waals surface area contributed by atoms with E-state index in [0.29, 0.717) is 19.1 Å². The van der Waals surface area contributed by atoms with E-state index in [2.05, 4.69) is 10.6 Å². The quantitative estimate of drug-likeness (QED) is 0.817. The molecule has 1 atom stereocenters. The molecule has 0 bridgehead atoms. The number of hydrogen-bond acceptors (Lipinski definition) is 3. The highest BCUT2D eigenvalue weighted by Gasteiger charge is 2.42. The van der Waals surface area contributed by atoms with Crippen LogP contribution < -0.4 is 10.6 Å². The van der Waals surface area contributed by atoms with Crippen molar-refractivity contribution in [2.45, 2.75) is 56.8 Å². The maximum absolute atomic E-state index is 11.6. The number of hydrogen-bond donors (Lipinski definition) is 2. The van der Waals surface area contributed by atoms with Gasteiger partial charge in [0.05, 0.1) is 6.61 Å². The maximum Gasteiger partial charge on any atom is 0.314 e. The molecule has 0 aromatic carbocycles. The summed E-state index contributed by atoms with van der Waals surface area (Å²) in [6.45, 7) is 1.94. The van der Waals surface area contributed by atoms with E-state index in [4.69, 9.17) is 9.47 Å². The number of ether oxygens (including phenoxy) is 2. The average Bonchev–Trinajstić information content (AvgIpc) is 3.18. The van der Waals surface area contributed by atoms with Gasteiger partial charge in [0.15, 0.2) is 5.79 Å². The van der Waals surface area contributed by atoms with Gasteiger partial charge in [-0.05, 0) is 31.6 Å². The van der Waals surface area contributed by atoms with Crippen molar-refractivity contribution in [3.63, 3.8) is 0 Å². The largest absolute Gasteiger partial charge is 0.347 e. The lowest BCUT2D eigenvalue weighted by molar-refractivity contribution is -0.186. The highest BCUT2D eigenvalue weighted by atomic mass is 16.7. The van der Waals surface area contributed by atoms with Gasteiger partial charge in [-0.25, -0.2) is 4.79 Å². The second-order valence-electron chi connectivity index (χ2n) is 6.06. The summed E-state index contributed by atoms with van der Waals surface area (Å²) in [5, 5.41) is 5.77. The van der Waals surface area contributed by atoms with E-state index >= 15 is 0 Å². The Balaban J connectivity index is 1.35. The zero-order valence-electron chi connectivity index (χ0n) is 11.5. The molecule has 1 heterocycles. The van der Waals surface area contributed by atoms with Crippen molar-refractivity contribution >= 4 is 6.03 Å². The molecule has 2 N–H and O–H groups in total. The lowest BCUT2D eigenvalue weighted by Crippen LogP contribution is -2.42. The smallest absolute Gasteiger partial charge is 0.314 e. The summed E-state index contributed by atoms with van der Waals surface area (Å²) in [4.78, 5) is 11.6. The molecule has 0 aromatic heterocycles. The number of carbonyl (C=O) groups is 1. The summed E-state index contributed by atoms with van der Waals surface area (Å²) in [6, 6.07) is -0.0832. The van der Waals surface area contributed by atoms with Crippen LogP contribution >= 0.6 is 0 Å².